The minimum atomic E-state index is 0.375. The molecule has 3 heteroatoms. The molecule has 1 fully saturated rings. The Kier molecular flexibility index (Phi) is 4.83. The molecule has 0 aromatic heterocycles. The Morgan fingerprint density at radius 1 is 1.00 bits per heavy atom. The Morgan fingerprint density at radius 3 is 2.62 bits per heavy atom. The van der Waals surface area contributed by atoms with Crippen LogP contribution in [-0.4, -0.2) is 30.2 Å². The van der Waals surface area contributed by atoms with Crippen LogP contribution >= 0.6 is 15.9 Å². The van der Waals surface area contributed by atoms with Crippen LogP contribution in [0.3, 0.4) is 0 Å². The zero-order valence-corrected chi connectivity index (χ0v) is 15.3. The highest BCUT2D eigenvalue weighted by atomic mass is 79.9. The van der Waals surface area contributed by atoms with Gasteiger partial charge in [0.25, 0.3) is 0 Å². The van der Waals surface area contributed by atoms with Crippen LogP contribution in [0.15, 0.2) is 60.7 Å². The first kappa shape index (κ1) is 16.1. The summed E-state index contributed by atoms with van der Waals surface area (Å²) in [5, 5.41) is 0.907. The molecule has 2 heterocycles. The quantitative estimate of drug-likeness (QED) is 0.713. The van der Waals surface area contributed by atoms with Crippen molar-refractivity contribution >= 4 is 21.5 Å². The summed E-state index contributed by atoms with van der Waals surface area (Å²) in [5.41, 5.74) is 5.55. The lowest BCUT2D eigenvalue weighted by molar-refractivity contribution is -0.0402. The highest BCUT2D eigenvalue weighted by Crippen LogP contribution is 2.33. The third-order valence-electron chi connectivity index (χ3n) is 5.00. The van der Waals surface area contributed by atoms with E-state index < -0.39 is 0 Å². The van der Waals surface area contributed by atoms with Crippen LogP contribution in [0.4, 0.5) is 0 Å². The fourth-order valence-corrected chi connectivity index (χ4v) is 4.12. The molecule has 0 saturated carbocycles. The van der Waals surface area contributed by atoms with Crippen molar-refractivity contribution in [2.24, 2.45) is 0 Å². The molecule has 0 aliphatic carbocycles. The predicted octanol–water partition coefficient (Wildman–Crippen LogP) is 4.64. The first-order valence-electron chi connectivity index (χ1n) is 8.57. The predicted molar refractivity (Wildman–Crippen MR) is 102 cm³/mol. The van der Waals surface area contributed by atoms with Crippen LogP contribution in [0.2, 0.25) is 0 Å². The van der Waals surface area contributed by atoms with Gasteiger partial charge in [-0.1, -0.05) is 76.6 Å². The molecule has 0 radical (unpaired) electrons. The summed E-state index contributed by atoms with van der Waals surface area (Å²) in [4.78, 5) is 2.61. The van der Waals surface area contributed by atoms with E-state index in [9.17, 15) is 0 Å². The molecule has 2 bridgehead atoms. The molecule has 0 N–H and O–H groups in total. The van der Waals surface area contributed by atoms with Crippen LogP contribution in [0, 0.1) is 0 Å². The number of nitrogens with zero attached hydrogens (tertiary/aromatic N) is 1. The maximum absolute atomic E-state index is 5.84. The van der Waals surface area contributed by atoms with Gasteiger partial charge >= 0.3 is 0 Å². The molecule has 24 heavy (non-hydrogen) atoms. The lowest BCUT2D eigenvalue weighted by Gasteiger charge is -2.45. The monoisotopic (exact) mass is 383 g/mol. The molecule has 2 aromatic carbocycles. The van der Waals surface area contributed by atoms with Crippen molar-refractivity contribution in [3.8, 4) is 0 Å². The van der Waals surface area contributed by atoms with E-state index in [0.29, 0.717) is 12.1 Å². The average molecular weight is 384 g/mol. The Bertz CT molecular complexity index is 728. The number of rotatable bonds is 4. The fraction of sp³-hybridized carbons (Fsp3) is 0.333. The lowest BCUT2D eigenvalue weighted by Crippen LogP contribution is -2.53. The topological polar surface area (TPSA) is 12.5 Å². The van der Waals surface area contributed by atoms with Gasteiger partial charge in [0.1, 0.15) is 0 Å². The van der Waals surface area contributed by atoms with Gasteiger partial charge in [0.15, 0.2) is 0 Å². The van der Waals surface area contributed by atoms with Gasteiger partial charge in [0, 0.05) is 17.9 Å². The van der Waals surface area contributed by atoms with E-state index in [1.807, 2.05) is 0 Å². The van der Waals surface area contributed by atoms with Crippen LogP contribution in [-0.2, 0) is 16.6 Å². The molecule has 2 unspecified atom stereocenters. The maximum Gasteiger partial charge on any atom is 0.0658 e. The Labute approximate surface area is 152 Å². The third-order valence-corrected chi connectivity index (χ3v) is 5.65. The summed E-state index contributed by atoms with van der Waals surface area (Å²) < 4.78 is 5.84. The highest BCUT2D eigenvalue weighted by molar-refractivity contribution is 9.08. The van der Waals surface area contributed by atoms with Gasteiger partial charge in [0.05, 0.1) is 19.3 Å². The van der Waals surface area contributed by atoms with Crippen molar-refractivity contribution < 1.29 is 4.74 Å². The number of hydrogen-bond donors (Lipinski definition) is 0. The van der Waals surface area contributed by atoms with Gasteiger partial charge in [-0.25, -0.2) is 0 Å². The summed E-state index contributed by atoms with van der Waals surface area (Å²) in [5.74, 6) is 0. The molecular weight excluding hydrogens is 362 g/mol. The molecule has 1 saturated heterocycles. The minimum Gasteiger partial charge on any atom is -0.378 e. The molecule has 2 aliphatic heterocycles. The average Bonchev–Trinajstić information content (AvgIpc) is 2.62. The summed E-state index contributed by atoms with van der Waals surface area (Å²) in [6, 6.07) is 20.5. The molecule has 2 aliphatic rings. The zero-order valence-electron chi connectivity index (χ0n) is 13.7. The van der Waals surface area contributed by atoms with Gasteiger partial charge in [-0.05, 0) is 28.7 Å². The number of fused-ring (bicyclic) bond motifs is 2. The number of hydrogen-bond acceptors (Lipinski definition) is 2. The van der Waals surface area contributed by atoms with Crippen molar-refractivity contribution in [1.82, 2.24) is 4.90 Å². The third kappa shape index (κ3) is 3.34. The summed E-state index contributed by atoms with van der Waals surface area (Å²) in [6.45, 7) is 2.63. The van der Waals surface area contributed by atoms with Crippen molar-refractivity contribution in [3.63, 3.8) is 0 Å². The maximum atomic E-state index is 5.84. The first-order chi connectivity index (χ1) is 11.8. The number of ether oxygens (including phenoxy) is 1. The Balaban J connectivity index is 1.59. The van der Waals surface area contributed by atoms with Crippen molar-refractivity contribution in [3.05, 3.63) is 77.4 Å². The summed E-state index contributed by atoms with van der Waals surface area (Å²) in [6.07, 6.45) is 3.49. The number of morpholine rings is 1. The van der Waals surface area contributed by atoms with Crippen LogP contribution in [0.5, 0.6) is 0 Å². The normalized spacial score (nSPS) is 23.8. The largest absolute Gasteiger partial charge is 0.378 e. The van der Waals surface area contributed by atoms with Crippen LogP contribution in [0.25, 0.3) is 5.57 Å². The molecule has 124 valence electrons. The second kappa shape index (κ2) is 7.22. The number of halogens is 1. The van der Waals surface area contributed by atoms with Gasteiger partial charge < -0.3 is 4.74 Å². The number of benzene rings is 2. The van der Waals surface area contributed by atoms with Crippen LogP contribution < -0.4 is 0 Å². The Morgan fingerprint density at radius 2 is 1.83 bits per heavy atom. The Hall–Kier alpha value is -1.42. The first-order valence-corrected chi connectivity index (χ1v) is 9.69. The standard InChI is InChI=1S/C21H22BrNO/c22-12-17-7-4-8-18(9-17)19-10-20-14-24-15-21(11-19)23(20)13-16-5-2-1-3-6-16/h1-10,20-21H,11-15H2. The SMILES string of the molecule is BrCc1cccc(C2=CC3COCC(C2)N3Cc2ccccc2)c1. The second-order valence-corrected chi connectivity index (χ2v) is 7.21. The van der Waals surface area contributed by atoms with E-state index in [-0.39, 0.29) is 0 Å². The van der Waals surface area contributed by atoms with Crippen molar-refractivity contribution in [1.29, 1.82) is 0 Å². The van der Waals surface area contributed by atoms with E-state index in [4.69, 9.17) is 4.74 Å². The molecule has 0 amide bonds. The summed E-state index contributed by atoms with van der Waals surface area (Å²) >= 11 is 3.56. The van der Waals surface area contributed by atoms with E-state index >= 15 is 0 Å². The van der Waals surface area contributed by atoms with E-state index in [1.165, 1.54) is 22.3 Å². The van der Waals surface area contributed by atoms with Crippen LogP contribution in [0.1, 0.15) is 23.1 Å². The molecule has 2 atom stereocenters. The van der Waals surface area contributed by atoms with Gasteiger partial charge in [-0.2, -0.15) is 0 Å². The minimum absolute atomic E-state index is 0.375. The van der Waals surface area contributed by atoms with Gasteiger partial charge in [-0.15, -0.1) is 0 Å². The molecule has 0 spiro atoms. The molecule has 2 nitrogen and oxygen atoms in total. The lowest BCUT2D eigenvalue weighted by atomic mass is 9.89. The molecular formula is C21H22BrNO. The van der Waals surface area contributed by atoms with E-state index in [1.54, 1.807) is 0 Å². The fourth-order valence-electron chi connectivity index (χ4n) is 3.77. The highest BCUT2D eigenvalue weighted by Gasteiger charge is 2.34. The summed E-state index contributed by atoms with van der Waals surface area (Å²) in [7, 11) is 0. The smallest absolute Gasteiger partial charge is 0.0658 e. The van der Waals surface area contributed by atoms with Gasteiger partial charge in [0.2, 0.25) is 0 Å². The van der Waals surface area contributed by atoms with Crippen molar-refractivity contribution in [2.45, 2.75) is 30.4 Å². The second-order valence-electron chi connectivity index (χ2n) is 6.65. The molecule has 2 aromatic rings. The van der Waals surface area contributed by atoms with Crippen molar-refractivity contribution in [2.75, 3.05) is 13.2 Å². The molecule has 4 rings (SSSR count). The number of alkyl halides is 1. The van der Waals surface area contributed by atoms with E-state index in [2.05, 4.69) is 81.5 Å². The zero-order chi connectivity index (χ0) is 16.4. The van der Waals surface area contributed by atoms with Gasteiger partial charge in [-0.3, -0.25) is 4.90 Å². The van der Waals surface area contributed by atoms with E-state index in [0.717, 1.165) is 31.5 Å².